The fourth-order valence-electron chi connectivity index (χ4n) is 6.06. The Morgan fingerprint density at radius 2 is 1.98 bits per heavy atom. The SMILES string of the molecule is CCCCN=Cc1c(O)[nH]c2ccc(S(=O)(=O)N(CC(C)C)C[C@@H](O)[C@H](Cc3ccccc3)NC(=O)O[C@H]3COC4OCCC43)cc12. The third kappa shape index (κ3) is 8.52. The Hall–Kier alpha value is -3.49. The molecule has 2 aliphatic heterocycles. The fraction of sp³-hybridized carbons (Fsp3) is 0.529. The normalized spacial score (nSPS) is 21.1. The van der Waals surface area contributed by atoms with Crippen LogP contribution < -0.4 is 5.32 Å². The van der Waals surface area contributed by atoms with Gasteiger partial charge in [-0.15, -0.1) is 0 Å². The number of hydrogen-bond acceptors (Lipinski definition) is 9. The maximum atomic E-state index is 14.2. The smallest absolute Gasteiger partial charge is 0.407 e. The second-order valence-corrected chi connectivity index (χ2v) is 14.6. The topological polar surface area (TPSA) is 163 Å². The van der Waals surface area contributed by atoms with Crippen LogP contribution in [0.3, 0.4) is 0 Å². The Labute approximate surface area is 276 Å². The number of amides is 1. The van der Waals surface area contributed by atoms with E-state index in [2.05, 4.69) is 22.2 Å². The van der Waals surface area contributed by atoms with Gasteiger partial charge in [0.25, 0.3) is 0 Å². The Morgan fingerprint density at radius 1 is 1.19 bits per heavy atom. The van der Waals surface area contributed by atoms with Crippen molar-refractivity contribution in [1.29, 1.82) is 0 Å². The zero-order valence-electron chi connectivity index (χ0n) is 27.2. The number of aromatic hydroxyl groups is 1. The molecule has 0 saturated carbocycles. The van der Waals surface area contributed by atoms with Crippen LogP contribution in [-0.2, 0) is 30.7 Å². The minimum atomic E-state index is -4.12. The van der Waals surface area contributed by atoms with Crippen LogP contribution in [0.2, 0.25) is 0 Å². The van der Waals surface area contributed by atoms with E-state index in [1.165, 1.54) is 16.4 Å². The molecule has 1 amide bonds. The largest absolute Gasteiger partial charge is 0.494 e. The Balaban J connectivity index is 1.37. The second kappa shape index (κ2) is 15.6. The van der Waals surface area contributed by atoms with Gasteiger partial charge in [0.1, 0.15) is 6.10 Å². The van der Waals surface area contributed by atoms with E-state index in [1.807, 2.05) is 44.2 Å². The average Bonchev–Trinajstić information content (AvgIpc) is 3.74. The standard InChI is InChI=1S/C34H46N4O8S/c1-4-5-14-35-18-27-26-17-24(11-12-28(26)36-32(27)40)47(42,43)38(19-22(2)3)20-30(39)29(16-23-9-7-6-8-10-23)37-34(41)46-31-21-45-33-25(31)13-15-44-33/h6-12,17-18,22,25,29-31,33,36,39-40H,4-5,13-16,19-21H2,1-3H3,(H,37,41)/t25?,29-,30+,31-,33?/m0/s1. The quantitative estimate of drug-likeness (QED) is 0.138. The Bertz CT molecular complexity index is 1630. The third-order valence-corrected chi connectivity index (χ3v) is 10.4. The van der Waals surface area contributed by atoms with Crippen molar-refractivity contribution in [3.63, 3.8) is 0 Å². The lowest BCUT2D eigenvalue weighted by molar-refractivity contribution is -0.0907. The van der Waals surface area contributed by atoms with Gasteiger partial charge in [0.05, 0.1) is 41.7 Å². The van der Waals surface area contributed by atoms with Gasteiger partial charge in [-0.25, -0.2) is 13.2 Å². The molecule has 1 aromatic heterocycles. The number of benzene rings is 2. The number of aliphatic imine (C=N–C) groups is 1. The van der Waals surface area contributed by atoms with Gasteiger partial charge in [-0.05, 0) is 48.9 Å². The molecule has 2 fully saturated rings. The minimum absolute atomic E-state index is 0.0154. The molecule has 0 spiro atoms. The second-order valence-electron chi connectivity index (χ2n) is 12.7. The van der Waals surface area contributed by atoms with E-state index in [9.17, 15) is 23.4 Å². The van der Waals surface area contributed by atoms with E-state index in [1.54, 1.807) is 12.3 Å². The molecule has 5 atom stereocenters. The predicted octanol–water partition coefficient (Wildman–Crippen LogP) is 4.20. The summed E-state index contributed by atoms with van der Waals surface area (Å²) in [7, 11) is -4.12. The number of carbonyl (C=O) groups excluding carboxylic acids is 1. The zero-order chi connectivity index (χ0) is 33.6. The molecular formula is C34H46N4O8S. The van der Waals surface area contributed by atoms with E-state index in [-0.39, 0.29) is 55.0 Å². The molecule has 4 N–H and O–H groups in total. The highest BCUT2D eigenvalue weighted by Gasteiger charge is 2.44. The molecule has 2 aromatic carbocycles. The first kappa shape index (κ1) is 34.8. The number of nitrogens with zero attached hydrogens (tertiary/aromatic N) is 2. The summed E-state index contributed by atoms with van der Waals surface area (Å²) in [6, 6.07) is 13.1. The van der Waals surface area contributed by atoms with Crippen LogP contribution in [0.25, 0.3) is 10.9 Å². The van der Waals surface area contributed by atoms with Gasteiger partial charge in [-0.3, -0.25) is 4.99 Å². The first-order valence-corrected chi connectivity index (χ1v) is 17.8. The summed E-state index contributed by atoms with van der Waals surface area (Å²) in [6.07, 6.45) is 1.56. The highest BCUT2D eigenvalue weighted by molar-refractivity contribution is 7.89. The summed E-state index contributed by atoms with van der Waals surface area (Å²) in [5.74, 6) is -0.203. The van der Waals surface area contributed by atoms with E-state index in [4.69, 9.17) is 14.2 Å². The van der Waals surface area contributed by atoms with Crippen LogP contribution in [0.15, 0.2) is 58.4 Å². The van der Waals surface area contributed by atoms with Crippen molar-refractivity contribution in [3.8, 4) is 5.88 Å². The summed E-state index contributed by atoms with van der Waals surface area (Å²) in [5.41, 5.74) is 1.84. The molecule has 256 valence electrons. The monoisotopic (exact) mass is 670 g/mol. The van der Waals surface area contributed by atoms with Crippen molar-refractivity contribution in [1.82, 2.24) is 14.6 Å². The number of aliphatic hydroxyl groups excluding tert-OH is 1. The first-order chi connectivity index (χ1) is 22.6. The van der Waals surface area contributed by atoms with Crippen LogP contribution >= 0.6 is 0 Å². The van der Waals surface area contributed by atoms with Gasteiger partial charge in [-0.2, -0.15) is 4.31 Å². The van der Waals surface area contributed by atoms with Crippen LogP contribution in [-0.4, -0.2) is 97.6 Å². The molecule has 47 heavy (non-hydrogen) atoms. The van der Waals surface area contributed by atoms with Gasteiger partial charge < -0.3 is 34.7 Å². The van der Waals surface area contributed by atoms with Gasteiger partial charge in [0.2, 0.25) is 10.0 Å². The van der Waals surface area contributed by atoms with Crippen LogP contribution in [0, 0.1) is 11.8 Å². The summed E-state index contributed by atoms with van der Waals surface area (Å²) >= 11 is 0. The molecule has 3 heterocycles. The zero-order valence-corrected chi connectivity index (χ0v) is 28.0. The first-order valence-electron chi connectivity index (χ1n) is 16.3. The van der Waals surface area contributed by atoms with Crippen LogP contribution in [0.4, 0.5) is 4.79 Å². The highest BCUT2D eigenvalue weighted by Crippen LogP contribution is 2.33. The lowest BCUT2D eigenvalue weighted by Gasteiger charge is -2.31. The number of rotatable bonds is 15. The van der Waals surface area contributed by atoms with Gasteiger partial charge in [-0.1, -0.05) is 57.5 Å². The Morgan fingerprint density at radius 3 is 2.72 bits per heavy atom. The van der Waals surface area contributed by atoms with Gasteiger partial charge in [0, 0.05) is 36.8 Å². The molecule has 5 rings (SSSR count). The number of hydrogen-bond donors (Lipinski definition) is 4. The number of alkyl carbamates (subject to hydrolysis) is 1. The molecule has 0 radical (unpaired) electrons. The number of sulfonamides is 1. The maximum absolute atomic E-state index is 14.2. The summed E-state index contributed by atoms with van der Waals surface area (Å²) in [6.45, 7) is 7.07. The van der Waals surface area contributed by atoms with Crippen molar-refractivity contribution in [3.05, 3.63) is 59.7 Å². The minimum Gasteiger partial charge on any atom is -0.494 e. The van der Waals surface area contributed by atoms with Crippen molar-refractivity contribution in [2.24, 2.45) is 16.8 Å². The lowest BCUT2D eigenvalue weighted by atomic mass is 10.0. The highest BCUT2D eigenvalue weighted by atomic mass is 32.2. The molecule has 12 nitrogen and oxygen atoms in total. The number of unbranched alkanes of at least 4 members (excludes halogenated alkanes) is 1. The number of nitrogens with one attached hydrogen (secondary N) is 2. The molecule has 2 saturated heterocycles. The van der Waals surface area contributed by atoms with E-state index >= 15 is 0 Å². The molecule has 13 heteroatoms. The summed E-state index contributed by atoms with van der Waals surface area (Å²) in [4.78, 5) is 20.4. The maximum Gasteiger partial charge on any atom is 0.407 e. The molecule has 3 aromatic rings. The number of aliphatic hydroxyl groups is 1. The van der Waals surface area contributed by atoms with Crippen molar-refractivity contribution >= 4 is 33.2 Å². The van der Waals surface area contributed by atoms with E-state index in [0.717, 1.165) is 24.8 Å². The predicted molar refractivity (Wildman–Crippen MR) is 178 cm³/mol. The van der Waals surface area contributed by atoms with Crippen molar-refractivity contribution in [2.75, 3.05) is 32.8 Å². The lowest BCUT2D eigenvalue weighted by Crippen LogP contribution is -2.51. The molecule has 0 aliphatic carbocycles. The number of ether oxygens (including phenoxy) is 3. The van der Waals surface area contributed by atoms with Crippen LogP contribution in [0.5, 0.6) is 5.88 Å². The number of carbonyl (C=O) groups is 1. The van der Waals surface area contributed by atoms with Gasteiger partial charge in [0.15, 0.2) is 12.2 Å². The van der Waals surface area contributed by atoms with Crippen molar-refractivity contribution < 1.29 is 37.6 Å². The van der Waals surface area contributed by atoms with Gasteiger partial charge >= 0.3 is 6.09 Å². The Kier molecular flexibility index (Phi) is 11.6. The fourth-order valence-corrected chi connectivity index (χ4v) is 7.71. The number of aromatic nitrogens is 1. The molecular weight excluding hydrogens is 624 g/mol. The number of fused-ring (bicyclic) bond motifs is 2. The van der Waals surface area contributed by atoms with E-state index < -0.39 is 34.4 Å². The molecule has 2 unspecified atom stereocenters. The average molecular weight is 671 g/mol. The summed E-state index contributed by atoms with van der Waals surface area (Å²) in [5, 5.41) is 25.5. The third-order valence-electron chi connectivity index (χ3n) is 8.56. The van der Waals surface area contributed by atoms with E-state index in [0.29, 0.717) is 29.6 Å². The number of aromatic amines is 1. The van der Waals surface area contributed by atoms with Crippen molar-refractivity contribution in [2.45, 2.75) is 75.9 Å². The molecule has 0 bridgehead atoms. The summed E-state index contributed by atoms with van der Waals surface area (Å²) < 4.78 is 46.4. The number of H-pyrrole nitrogens is 1. The molecule has 2 aliphatic rings. The van der Waals surface area contributed by atoms with Crippen LogP contribution in [0.1, 0.15) is 51.2 Å².